The number of carboxylic acid groups (broad SMARTS) is 1. The van der Waals surface area contributed by atoms with Crippen molar-refractivity contribution in [2.75, 3.05) is 13.2 Å². The van der Waals surface area contributed by atoms with E-state index in [0.29, 0.717) is 11.8 Å². The van der Waals surface area contributed by atoms with Crippen molar-refractivity contribution in [1.29, 1.82) is 0 Å². The highest BCUT2D eigenvalue weighted by molar-refractivity contribution is 5.76. The van der Waals surface area contributed by atoms with Crippen molar-refractivity contribution < 1.29 is 74.1 Å². The second-order valence-electron chi connectivity index (χ2n) is 21.7. The minimum absolute atomic E-state index is 0.000687. The molecule has 7 fully saturated rings. The van der Waals surface area contributed by atoms with Crippen molar-refractivity contribution in [3.8, 4) is 0 Å². The summed E-state index contributed by atoms with van der Waals surface area (Å²) in [6.07, 6.45) is -7.32. The molecule has 8 N–H and O–H groups in total. The molecule has 0 aromatic heterocycles. The topological polar surface area (TPSA) is 234 Å². The summed E-state index contributed by atoms with van der Waals surface area (Å²) in [6, 6.07) is 0. The van der Waals surface area contributed by atoms with Crippen LogP contribution in [0.5, 0.6) is 0 Å². The average molecular weight is 853 g/mol. The van der Waals surface area contributed by atoms with Crippen LogP contribution < -0.4 is 0 Å². The van der Waals surface area contributed by atoms with E-state index < -0.39 is 91.3 Å². The summed E-state index contributed by atoms with van der Waals surface area (Å²) in [5.74, 6) is 0.256. The summed E-state index contributed by atoms with van der Waals surface area (Å²) in [5.41, 5.74) is 0.739. The van der Waals surface area contributed by atoms with Gasteiger partial charge >= 0.3 is 5.97 Å². The lowest BCUT2D eigenvalue weighted by molar-refractivity contribution is -0.376. The van der Waals surface area contributed by atoms with Crippen LogP contribution in [0.15, 0.2) is 11.6 Å². The summed E-state index contributed by atoms with van der Waals surface area (Å²) < 4.78 is 36.0. The number of hydrogen-bond acceptors (Lipinski definition) is 14. The Morgan fingerprint density at radius 3 is 2.05 bits per heavy atom. The van der Waals surface area contributed by atoms with Crippen LogP contribution >= 0.6 is 0 Å². The third-order valence-electron chi connectivity index (χ3n) is 18.1. The van der Waals surface area contributed by atoms with Gasteiger partial charge in [0.2, 0.25) is 0 Å². The Balaban J connectivity index is 0.981. The number of rotatable bonds is 7. The summed E-state index contributed by atoms with van der Waals surface area (Å²) >= 11 is 0. The molecule has 22 atom stereocenters. The molecule has 4 saturated carbocycles. The molecule has 8 aliphatic rings. The van der Waals surface area contributed by atoms with E-state index in [1.165, 1.54) is 12.5 Å². The molecule has 0 radical (unpaired) electrons. The largest absolute Gasteiger partial charge is 0.481 e. The normalized spacial score (nSPS) is 55.3. The molecule has 8 rings (SSSR count). The Kier molecular flexibility index (Phi) is 12.1. The third-order valence-corrected chi connectivity index (χ3v) is 18.1. The van der Waals surface area contributed by atoms with Crippen molar-refractivity contribution in [2.24, 2.45) is 50.7 Å². The molecule has 5 aliphatic carbocycles. The van der Waals surface area contributed by atoms with E-state index in [1.54, 1.807) is 0 Å². The van der Waals surface area contributed by atoms with Gasteiger partial charge in [-0.05, 0) is 116 Å². The van der Waals surface area contributed by atoms with E-state index in [2.05, 4.69) is 47.6 Å². The second kappa shape index (κ2) is 16.0. The standard InChI is InChI=1S/C45H72O15/c1-21-23-10-13-44(7)29(9-8-24-25-18-41(3,4)14-16-45(25,40(53)54)17-15-43(24,44)6)42(23,5)12-11-28(21)58-39-36(32(50)27(47)20-56-39)60-38-34(52)35(30(48)22(2)57-38)59-37-33(51)31(49)26(46)19-55-37/h8,21-23,25-39,46-52H,9-20H2,1-7H3,(H,53,54)/t21?,22-,23?,25?,26+,27-,28?,29?,30-,31-,32-,33+,34+,35+,36+,37-,38-,39-,42-,43+,44+,45-/m0/s1. The van der Waals surface area contributed by atoms with Gasteiger partial charge in [0.1, 0.15) is 54.9 Å². The first kappa shape index (κ1) is 45.3. The maximum Gasteiger partial charge on any atom is 0.310 e. The zero-order valence-corrected chi connectivity index (χ0v) is 36.4. The highest BCUT2D eigenvalue weighted by atomic mass is 16.8. The molecule has 15 heteroatoms. The summed E-state index contributed by atoms with van der Waals surface area (Å²) in [6.45, 7) is 15.2. The Morgan fingerprint density at radius 1 is 0.700 bits per heavy atom. The van der Waals surface area contributed by atoms with E-state index in [1.807, 2.05) is 0 Å². The number of ether oxygens (including phenoxy) is 6. The van der Waals surface area contributed by atoms with Gasteiger partial charge in [0.25, 0.3) is 0 Å². The molecule has 0 spiro atoms. The van der Waals surface area contributed by atoms with Gasteiger partial charge in [-0.25, -0.2) is 0 Å². The maximum absolute atomic E-state index is 13.1. The number of carboxylic acids is 1. The monoisotopic (exact) mass is 852 g/mol. The fourth-order valence-electron chi connectivity index (χ4n) is 14.1. The van der Waals surface area contributed by atoms with E-state index >= 15 is 0 Å². The molecule has 15 nitrogen and oxygen atoms in total. The number of carbonyl (C=O) groups is 1. The molecule has 0 aromatic rings. The van der Waals surface area contributed by atoms with Gasteiger partial charge in [-0.3, -0.25) is 4.79 Å². The van der Waals surface area contributed by atoms with Crippen LogP contribution in [0.1, 0.15) is 113 Å². The van der Waals surface area contributed by atoms with E-state index in [9.17, 15) is 45.6 Å². The van der Waals surface area contributed by atoms with Crippen LogP contribution in [0.25, 0.3) is 0 Å². The summed E-state index contributed by atoms with van der Waals surface area (Å²) in [7, 11) is 0. The first-order valence-corrected chi connectivity index (χ1v) is 22.6. The van der Waals surface area contributed by atoms with Crippen molar-refractivity contribution in [3.63, 3.8) is 0 Å². The van der Waals surface area contributed by atoms with Gasteiger partial charge in [-0.2, -0.15) is 0 Å². The van der Waals surface area contributed by atoms with E-state index in [-0.39, 0.29) is 52.8 Å². The van der Waals surface area contributed by atoms with Crippen molar-refractivity contribution in [1.82, 2.24) is 0 Å². The Hall–Kier alpha value is -1.31. The smallest absolute Gasteiger partial charge is 0.310 e. The predicted octanol–water partition coefficient (Wildman–Crippen LogP) is 2.62. The maximum atomic E-state index is 13.1. The van der Waals surface area contributed by atoms with Crippen molar-refractivity contribution in [3.05, 3.63) is 11.6 Å². The first-order valence-electron chi connectivity index (χ1n) is 22.6. The molecule has 5 unspecified atom stereocenters. The number of aliphatic hydroxyl groups excluding tert-OH is 7. The number of aliphatic carboxylic acids is 1. The van der Waals surface area contributed by atoms with Crippen molar-refractivity contribution >= 4 is 5.97 Å². The van der Waals surface area contributed by atoms with Crippen LogP contribution in [-0.4, -0.2) is 146 Å². The summed E-state index contributed by atoms with van der Waals surface area (Å²) in [5, 5.41) is 85.7. The molecule has 3 saturated heterocycles. The highest BCUT2D eigenvalue weighted by Gasteiger charge is 2.68. The third kappa shape index (κ3) is 7.07. The Labute approximate surface area is 353 Å². The van der Waals surface area contributed by atoms with E-state index in [0.717, 1.165) is 64.2 Å². The molecular weight excluding hydrogens is 780 g/mol. The van der Waals surface area contributed by atoms with E-state index in [4.69, 9.17) is 28.4 Å². The average Bonchev–Trinajstić information content (AvgIpc) is 3.19. The lowest BCUT2D eigenvalue weighted by Gasteiger charge is -2.70. The van der Waals surface area contributed by atoms with Gasteiger partial charge in [-0.1, -0.05) is 53.2 Å². The highest BCUT2D eigenvalue weighted by Crippen LogP contribution is 2.75. The Morgan fingerprint density at radius 2 is 1.35 bits per heavy atom. The number of fused-ring (bicyclic) bond motifs is 7. The van der Waals surface area contributed by atoms with Crippen LogP contribution in [0.2, 0.25) is 0 Å². The van der Waals surface area contributed by atoms with Gasteiger partial charge in [0, 0.05) is 0 Å². The zero-order chi connectivity index (χ0) is 43.5. The lowest BCUT2D eigenvalue weighted by atomic mass is 9.34. The van der Waals surface area contributed by atoms with Crippen LogP contribution in [0.4, 0.5) is 0 Å². The number of hydrogen-bond donors (Lipinski definition) is 8. The van der Waals surface area contributed by atoms with Gasteiger partial charge in [0.15, 0.2) is 18.9 Å². The van der Waals surface area contributed by atoms with Gasteiger partial charge in [-0.15, -0.1) is 0 Å². The lowest BCUT2D eigenvalue weighted by Crippen LogP contribution is -2.65. The predicted molar refractivity (Wildman–Crippen MR) is 213 cm³/mol. The minimum atomic E-state index is -1.69. The molecule has 0 amide bonds. The van der Waals surface area contributed by atoms with Crippen LogP contribution in [-0.2, 0) is 33.2 Å². The Bertz CT molecular complexity index is 1630. The quantitative estimate of drug-likeness (QED) is 0.136. The molecular formula is C45H72O15. The van der Waals surface area contributed by atoms with Crippen molar-refractivity contribution in [2.45, 2.75) is 199 Å². The van der Waals surface area contributed by atoms with Crippen LogP contribution in [0.3, 0.4) is 0 Å². The molecule has 0 bridgehead atoms. The fourth-order valence-corrected chi connectivity index (χ4v) is 14.1. The fraction of sp³-hybridized carbons (Fsp3) is 0.933. The second-order valence-corrected chi connectivity index (χ2v) is 21.7. The first-order chi connectivity index (χ1) is 28.1. The zero-order valence-electron chi connectivity index (χ0n) is 36.4. The SMILES string of the molecule is CC1C(O[C@@H]2OC[C@H](O)[C@H](O)[C@H]2O[C@@H]2O[C@@H](C)[C@H](O)[C@@H](O[C@@H]3OC[C@@H](O)[C@H](O)[C@H]3O)[C@H]2O)CC[C@@]2(C)C1CC[C@]1(C)C2CC=C2C3CC(C)(C)CC[C@]3(C(=O)O)CC[C@]21C. The number of allylic oxidation sites excluding steroid dienone is 2. The summed E-state index contributed by atoms with van der Waals surface area (Å²) in [4.78, 5) is 13.1. The molecule has 0 aromatic carbocycles. The molecule has 342 valence electrons. The van der Waals surface area contributed by atoms with Crippen LogP contribution in [0, 0.1) is 50.7 Å². The number of aliphatic hydroxyl groups is 7. The van der Waals surface area contributed by atoms with Gasteiger partial charge in [0.05, 0.1) is 30.8 Å². The van der Waals surface area contributed by atoms with Gasteiger partial charge < -0.3 is 69.3 Å². The molecule has 60 heavy (non-hydrogen) atoms. The minimum Gasteiger partial charge on any atom is -0.481 e. The molecule has 3 aliphatic heterocycles. The molecule has 3 heterocycles.